The van der Waals surface area contributed by atoms with Crippen molar-refractivity contribution in [1.82, 2.24) is 0 Å². The van der Waals surface area contributed by atoms with Crippen LogP contribution >= 0.6 is 0 Å². The highest BCUT2D eigenvalue weighted by Crippen LogP contribution is 2.42. The van der Waals surface area contributed by atoms with Crippen LogP contribution in [0.5, 0.6) is 0 Å². The topological polar surface area (TPSA) is 18.5 Å². The second kappa shape index (κ2) is 7.84. The number of hydrogen-bond donors (Lipinski definition) is 0. The highest BCUT2D eigenvalue weighted by molar-refractivity contribution is 6.47. The molecule has 20 heavy (non-hydrogen) atoms. The van der Waals surface area contributed by atoms with Gasteiger partial charge < -0.3 is 9.31 Å². The Bertz CT molecular complexity index is 260. The lowest BCUT2D eigenvalue weighted by Crippen LogP contribution is -2.41. The van der Waals surface area contributed by atoms with Gasteiger partial charge in [0.2, 0.25) is 0 Å². The molecule has 1 atom stereocenters. The highest BCUT2D eigenvalue weighted by atomic mass is 16.7. The fraction of sp³-hybridized carbons (Fsp3) is 1.00. The summed E-state index contributed by atoms with van der Waals surface area (Å²) in [6.07, 6.45) is 10.4. The summed E-state index contributed by atoms with van der Waals surface area (Å²) >= 11 is 0. The van der Waals surface area contributed by atoms with E-state index in [1.54, 1.807) is 0 Å². The van der Waals surface area contributed by atoms with Gasteiger partial charge in [0, 0.05) is 0 Å². The van der Waals surface area contributed by atoms with Crippen LogP contribution in [-0.4, -0.2) is 18.3 Å². The molecule has 1 rings (SSSR count). The first-order valence-electron chi connectivity index (χ1n) is 8.69. The van der Waals surface area contributed by atoms with Crippen LogP contribution in [0.3, 0.4) is 0 Å². The molecule has 3 heteroatoms. The zero-order chi connectivity index (χ0) is 15.2. The third-order valence-electron chi connectivity index (χ3n) is 4.99. The zero-order valence-electron chi connectivity index (χ0n) is 14.6. The van der Waals surface area contributed by atoms with E-state index in [2.05, 4.69) is 41.5 Å². The maximum absolute atomic E-state index is 6.23. The smallest absolute Gasteiger partial charge is 0.403 e. The molecule has 0 amide bonds. The second-order valence-corrected chi connectivity index (χ2v) is 7.38. The predicted octanol–water partition coefficient (Wildman–Crippen LogP) is 5.61. The highest BCUT2D eigenvalue weighted by Gasteiger charge is 2.53. The van der Waals surface area contributed by atoms with Crippen LogP contribution in [0.15, 0.2) is 0 Å². The molecule has 1 saturated heterocycles. The van der Waals surface area contributed by atoms with Crippen molar-refractivity contribution in [2.24, 2.45) is 0 Å². The Morgan fingerprint density at radius 1 is 0.750 bits per heavy atom. The van der Waals surface area contributed by atoms with Gasteiger partial charge in [0.15, 0.2) is 0 Å². The Morgan fingerprint density at radius 2 is 1.30 bits per heavy atom. The summed E-state index contributed by atoms with van der Waals surface area (Å²) < 4.78 is 12.5. The van der Waals surface area contributed by atoms with Crippen LogP contribution in [0.2, 0.25) is 5.82 Å². The predicted molar refractivity (Wildman–Crippen MR) is 88.1 cm³/mol. The first-order chi connectivity index (χ1) is 9.34. The molecule has 0 saturated carbocycles. The van der Waals surface area contributed by atoms with Gasteiger partial charge in [0.25, 0.3) is 0 Å². The Morgan fingerprint density at radius 3 is 1.80 bits per heavy atom. The summed E-state index contributed by atoms with van der Waals surface area (Å²) in [4.78, 5) is 0. The zero-order valence-corrected chi connectivity index (χ0v) is 14.6. The Labute approximate surface area is 127 Å². The minimum atomic E-state index is -0.189. The first kappa shape index (κ1) is 18.0. The van der Waals surface area contributed by atoms with E-state index in [4.69, 9.17) is 9.31 Å². The van der Waals surface area contributed by atoms with Gasteiger partial charge in [-0.2, -0.15) is 0 Å². The van der Waals surface area contributed by atoms with E-state index in [-0.39, 0.29) is 18.3 Å². The van der Waals surface area contributed by atoms with Crippen molar-refractivity contribution < 1.29 is 9.31 Å². The lowest BCUT2D eigenvalue weighted by molar-refractivity contribution is 0.00578. The van der Waals surface area contributed by atoms with Gasteiger partial charge in [-0.3, -0.25) is 0 Å². The molecule has 0 aliphatic carbocycles. The SMILES string of the molecule is CCCCCCCC(CCC)B1OC(C)(C)C(C)(C)O1. The number of rotatable bonds is 9. The van der Waals surface area contributed by atoms with E-state index in [0.29, 0.717) is 5.82 Å². The van der Waals surface area contributed by atoms with Crippen LogP contribution in [0.1, 0.15) is 92.9 Å². The quantitative estimate of drug-likeness (QED) is 0.404. The molecule has 118 valence electrons. The van der Waals surface area contributed by atoms with Crippen molar-refractivity contribution in [2.75, 3.05) is 0 Å². The second-order valence-electron chi connectivity index (χ2n) is 7.38. The minimum Gasteiger partial charge on any atom is -0.403 e. The minimum absolute atomic E-state index is 0.00822. The molecular weight excluding hydrogens is 247 g/mol. The molecule has 1 aliphatic rings. The van der Waals surface area contributed by atoms with Crippen molar-refractivity contribution in [3.63, 3.8) is 0 Å². The largest absolute Gasteiger partial charge is 0.461 e. The van der Waals surface area contributed by atoms with E-state index < -0.39 is 0 Å². The molecule has 1 heterocycles. The van der Waals surface area contributed by atoms with E-state index in [1.165, 1.54) is 51.4 Å². The van der Waals surface area contributed by atoms with Crippen molar-refractivity contribution in [3.05, 3.63) is 0 Å². The van der Waals surface area contributed by atoms with Crippen LogP contribution in [-0.2, 0) is 9.31 Å². The molecule has 1 fully saturated rings. The fourth-order valence-electron chi connectivity index (χ4n) is 2.88. The van der Waals surface area contributed by atoms with Crippen LogP contribution in [0, 0.1) is 0 Å². The molecule has 0 bridgehead atoms. The van der Waals surface area contributed by atoms with Crippen LogP contribution in [0.4, 0.5) is 0 Å². The van der Waals surface area contributed by atoms with Crippen molar-refractivity contribution in [3.8, 4) is 0 Å². The molecule has 0 aromatic rings. The van der Waals surface area contributed by atoms with Crippen molar-refractivity contribution in [1.29, 1.82) is 0 Å². The molecule has 0 aromatic carbocycles. The molecule has 0 spiro atoms. The van der Waals surface area contributed by atoms with Gasteiger partial charge in [-0.1, -0.05) is 65.2 Å². The molecule has 0 aromatic heterocycles. The normalized spacial score (nSPS) is 22.2. The van der Waals surface area contributed by atoms with Crippen LogP contribution < -0.4 is 0 Å². The van der Waals surface area contributed by atoms with E-state index in [9.17, 15) is 0 Å². The van der Waals surface area contributed by atoms with Gasteiger partial charge >= 0.3 is 7.12 Å². The maximum Gasteiger partial charge on any atom is 0.461 e. The molecule has 1 aliphatic heterocycles. The third-order valence-corrected chi connectivity index (χ3v) is 4.99. The number of unbranched alkanes of at least 4 members (excludes halogenated alkanes) is 4. The van der Waals surface area contributed by atoms with Gasteiger partial charge in [-0.05, 0) is 33.5 Å². The summed E-state index contributed by atoms with van der Waals surface area (Å²) in [7, 11) is -0.00822. The van der Waals surface area contributed by atoms with Gasteiger partial charge in [-0.25, -0.2) is 0 Å². The Kier molecular flexibility index (Phi) is 7.07. The summed E-state index contributed by atoms with van der Waals surface area (Å²) in [6.45, 7) is 13.1. The summed E-state index contributed by atoms with van der Waals surface area (Å²) in [5, 5.41) is 0. The lowest BCUT2D eigenvalue weighted by Gasteiger charge is -2.32. The lowest BCUT2D eigenvalue weighted by atomic mass is 9.67. The summed E-state index contributed by atoms with van der Waals surface area (Å²) in [5.41, 5.74) is -0.377. The number of hydrogen-bond acceptors (Lipinski definition) is 2. The van der Waals surface area contributed by atoms with Gasteiger partial charge in [-0.15, -0.1) is 0 Å². The van der Waals surface area contributed by atoms with Crippen LogP contribution in [0.25, 0.3) is 0 Å². The van der Waals surface area contributed by atoms with Gasteiger partial charge in [0.1, 0.15) is 0 Å². The molecule has 0 N–H and O–H groups in total. The molecule has 1 unspecified atom stereocenters. The van der Waals surface area contributed by atoms with E-state index >= 15 is 0 Å². The van der Waals surface area contributed by atoms with E-state index in [1.807, 2.05) is 0 Å². The third kappa shape index (κ3) is 4.77. The summed E-state index contributed by atoms with van der Waals surface area (Å²) in [6, 6.07) is 0. The van der Waals surface area contributed by atoms with E-state index in [0.717, 1.165) is 0 Å². The van der Waals surface area contributed by atoms with Gasteiger partial charge in [0.05, 0.1) is 11.2 Å². The Balaban J connectivity index is 2.46. The fourth-order valence-corrected chi connectivity index (χ4v) is 2.88. The molecular formula is C17H35BO2. The monoisotopic (exact) mass is 282 g/mol. The maximum atomic E-state index is 6.23. The molecule has 2 nitrogen and oxygen atoms in total. The summed E-state index contributed by atoms with van der Waals surface area (Å²) in [5.74, 6) is 0.558. The van der Waals surface area contributed by atoms with Crippen molar-refractivity contribution >= 4 is 7.12 Å². The van der Waals surface area contributed by atoms with Crippen molar-refractivity contribution in [2.45, 2.75) is 110 Å². The Hall–Kier alpha value is -0.0151. The first-order valence-corrected chi connectivity index (χ1v) is 8.69. The molecule has 0 radical (unpaired) electrons. The average molecular weight is 282 g/mol. The average Bonchev–Trinajstić information content (AvgIpc) is 2.57. The standard InChI is InChI=1S/C17H35BO2/c1-7-9-10-11-12-14-15(13-8-2)18-19-16(3,4)17(5,6)20-18/h15H,7-14H2,1-6H3.